The van der Waals surface area contributed by atoms with Gasteiger partial charge in [0, 0.05) is 23.5 Å². The van der Waals surface area contributed by atoms with Gasteiger partial charge in [-0.05, 0) is 48.9 Å². The average molecular weight is 455 g/mol. The lowest BCUT2D eigenvalue weighted by molar-refractivity contribution is -0.131. The molecule has 0 aliphatic carbocycles. The number of carbonyl (C=O) groups is 1. The molecule has 0 atom stereocenters. The zero-order valence-electron chi connectivity index (χ0n) is 17.6. The largest absolute Gasteiger partial charge is 0.493 e. The molecule has 0 aliphatic heterocycles. The molecule has 0 aliphatic rings. The van der Waals surface area contributed by atoms with Crippen molar-refractivity contribution in [3.05, 3.63) is 66.1 Å². The number of nitrogens with zero attached hydrogens (tertiary/aromatic N) is 2. The molecule has 32 heavy (non-hydrogen) atoms. The maximum atomic E-state index is 13.2. The standard InChI is InChI=1S/C22H21N3O6S/c1-14-23-10-9-18(24-14)16-5-4-6-17(13-16)25-32(28,29)20-12-15(7-8-21(26)27)11-19(30-2)22(20)31-3/h4-13,25H,1-3H3,(H,26,27). The number of aryl methyl sites for hydroxylation is 1. The van der Waals surface area contributed by atoms with Crippen LogP contribution in [0.15, 0.2) is 59.6 Å². The topological polar surface area (TPSA) is 128 Å². The first-order chi connectivity index (χ1) is 15.2. The maximum Gasteiger partial charge on any atom is 0.328 e. The summed E-state index contributed by atoms with van der Waals surface area (Å²) in [6.45, 7) is 1.77. The summed E-state index contributed by atoms with van der Waals surface area (Å²) in [4.78, 5) is 19.1. The molecular weight excluding hydrogens is 434 g/mol. The first-order valence-corrected chi connectivity index (χ1v) is 10.8. The summed E-state index contributed by atoms with van der Waals surface area (Å²) in [6.07, 6.45) is 3.79. The number of carboxylic acid groups (broad SMARTS) is 1. The summed E-state index contributed by atoms with van der Waals surface area (Å²) in [5.74, 6) is -0.434. The molecule has 0 bridgehead atoms. The van der Waals surface area contributed by atoms with Crippen LogP contribution in [0.2, 0.25) is 0 Å². The molecule has 166 valence electrons. The van der Waals surface area contributed by atoms with Crippen LogP contribution < -0.4 is 14.2 Å². The second-order valence-corrected chi connectivity index (χ2v) is 8.25. The summed E-state index contributed by atoms with van der Waals surface area (Å²) >= 11 is 0. The number of benzene rings is 2. The quantitative estimate of drug-likeness (QED) is 0.495. The number of hydrogen-bond acceptors (Lipinski definition) is 7. The lowest BCUT2D eigenvalue weighted by atomic mass is 10.1. The molecule has 0 fully saturated rings. The van der Waals surface area contributed by atoms with Crippen molar-refractivity contribution in [2.45, 2.75) is 11.8 Å². The highest BCUT2D eigenvalue weighted by Crippen LogP contribution is 2.37. The number of aliphatic carboxylic acids is 1. The second kappa shape index (κ2) is 9.48. The first kappa shape index (κ1) is 22.8. The third kappa shape index (κ3) is 5.22. The van der Waals surface area contributed by atoms with Crippen LogP contribution in [-0.2, 0) is 14.8 Å². The zero-order valence-corrected chi connectivity index (χ0v) is 18.4. The Labute approximate surface area is 185 Å². The summed E-state index contributed by atoms with van der Waals surface area (Å²) in [7, 11) is -1.44. The molecule has 0 spiro atoms. The van der Waals surface area contributed by atoms with Crippen molar-refractivity contribution in [3.8, 4) is 22.8 Å². The zero-order chi connectivity index (χ0) is 23.3. The fourth-order valence-electron chi connectivity index (χ4n) is 2.98. The van der Waals surface area contributed by atoms with E-state index in [0.717, 1.165) is 6.08 Å². The Bertz CT molecular complexity index is 1290. The molecule has 0 saturated carbocycles. The normalized spacial score (nSPS) is 11.3. The van der Waals surface area contributed by atoms with E-state index in [1.54, 1.807) is 43.5 Å². The van der Waals surface area contributed by atoms with Crippen LogP contribution in [0.3, 0.4) is 0 Å². The van der Waals surface area contributed by atoms with Crippen LogP contribution in [0, 0.1) is 6.92 Å². The maximum absolute atomic E-state index is 13.2. The van der Waals surface area contributed by atoms with Gasteiger partial charge in [0.05, 0.1) is 19.9 Å². The molecule has 0 radical (unpaired) electrons. The molecule has 1 aromatic heterocycles. The van der Waals surface area contributed by atoms with Gasteiger partial charge in [0.15, 0.2) is 11.5 Å². The van der Waals surface area contributed by atoms with Crippen LogP contribution in [0.1, 0.15) is 11.4 Å². The molecule has 3 aromatic rings. The van der Waals surface area contributed by atoms with E-state index in [1.807, 2.05) is 0 Å². The number of hydrogen-bond donors (Lipinski definition) is 2. The second-order valence-electron chi connectivity index (χ2n) is 6.60. The number of aromatic nitrogens is 2. The predicted molar refractivity (Wildman–Crippen MR) is 119 cm³/mol. The van der Waals surface area contributed by atoms with Crippen molar-refractivity contribution in [3.63, 3.8) is 0 Å². The van der Waals surface area contributed by atoms with Gasteiger partial charge >= 0.3 is 5.97 Å². The fourth-order valence-corrected chi connectivity index (χ4v) is 4.25. The predicted octanol–water partition coefficient (Wildman–Crippen LogP) is 3.37. The van der Waals surface area contributed by atoms with Crippen molar-refractivity contribution in [2.24, 2.45) is 0 Å². The van der Waals surface area contributed by atoms with Crippen LogP contribution in [0.25, 0.3) is 17.3 Å². The Hall–Kier alpha value is -3.92. The van der Waals surface area contributed by atoms with Gasteiger partial charge in [-0.3, -0.25) is 4.72 Å². The van der Waals surface area contributed by atoms with E-state index in [2.05, 4.69) is 14.7 Å². The van der Waals surface area contributed by atoms with Gasteiger partial charge in [-0.15, -0.1) is 0 Å². The molecule has 3 rings (SSSR count). The van der Waals surface area contributed by atoms with E-state index in [9.17, 15) is 13.2 Å². The van der Waals surface area contributed by atoms with Gasteiger partial charge < -0.3 is 14.6 Å². The smallest absolute Gasteiger partial charge is 0.328 e. The van der Waals surface area contributed by atoms with E-state index in [1.165, 1.54) is 32.4 Å². The fraction of sp³-hybridized carbons (Fsp3) is 0.136. The van der Waals surface area contributed by atoms with Gasteiger partial charge in [0.2, 0.25) is 0 Å². The Morgan fingerprint density at radius 2 is 1.91 bits per heavy atom. The molecular formula is C22H21N3O6S. The lowest BCUT2D eigenvalue weighted by Crippen LogP contribution is -2.15. The number of anilines is 1. The highest BCUT2D eigenvalue weighted by molar-refractivity contribution is 7.92. The molecule has 9 nitrogen and oxygen atoms in total. The summed E-state index contributed by atoms with van der Waals surface area (Å²) in [5.41, 5.74) is 1.99. The minimum atomic E-state index is -4.13. The molecule has 2 aromatic carbocycles. The molecule has 2 N–H and O–H groups in total. The van der Waals surface area contributed by atoms with Crippen LogP contribution in [0.4, 0.5) is 5.69 Å². The number of carboxylic acids is 1. The van der Waals surface area contributed by atoms with E-state index < -0.39 is 16.0 Å². The lowest BCUT2D eigenvalue weighted by Gasteiger charge is -2.16. The summed E-state index contributed by atoms with van der Waals surface area (Å²) in [5, 5.41) is 8.88. The minimum absolute atomic E-state index is 0.00458. The van der Waals surface area contributed by atoms with Gasteiger partial charge in [-0.25, -0.2) is 23.2 Å². The summed E-state index contributed by atoms with van der Waals surface area (Å²) < 4.78 is 39.5. The Morgan fingerprint density at radius 1 is 1.12 bits per heavy atom. The Kier molecular flexibility index (Phi) is 6.74. The van der Waals surface area contributed by atoms with E-state index in [-0.39, 0.29) is 16.4 Å². The van der Waals surface area contributed by atoms with E-state index in [4.69, 9.17) is 14.6 Å². The number of sulfonamides is 1. The van der Waals surface area contributed by atoms with Crippen molar-refractivity contribution >= 4 is 27.8 Å². The van der Waals surface area contributed by atoms with Crippen molar-refractivity contribution in [1.29, 1.82) is 0 Å². The third-order valence-electron chi connectivity index (χ3n) is 4.36. The van der Waals surface area contributed by atoms with Crippen LogP contribution >= 0.6 is 0 Å². The van der Waals surface area contributed by atoms with Crippen LogP contribution in [0.5, 0.6) is 11.5 Å². The van der Waals surface area contributed by atoms with Crippen LogP contribution in [-0.4, -0.2) is 43.7 Å². The van der Waals surface area contributed by atoms with Crippen molar-refractivity contribution in [2.75, 3.05) is 18.9 Å². The highest BCUT2D eigenvalue weighted by atomic mass is 32.2. The molecule has 1 heterocycles. The first-order valence-electron chi connectivity index (χ1n) is 9.33. The molecule has 0 saturated heterocycles. The highest BCUT2D eigenvalue weighted by Gasteiger charge is 2.24. The van der Waals surface area contributed by atoms with Gasteiger partial charge in [-0.1, -0.05) is 12.1 Å². The average Bonchev–Trinajstić information content (AvgIpc) is 2.76. The third-order valence-corrected chi connectivity index (χ3v) is 5.75. The number of methoxy groups -OCH3 is 2. The van der Waals surface area contributed by atoms with Gasteiger partial charge in [0.25, 0.3) is 10.0 Å². The molecule has 0 amide bonds. The minimum Gasteiger partial charge on any atom is -0.493 e. The molecule has 0 unspecified atom stereocenters. The molecule has 10 heteroatoms. The van der Waals surface area contributed by atoms with Crippen molar-refractivity contribution < 1.29 is 27.8 Å². The number of ether oxygens (including phenoxy) is 2. The van der Waals surface area contributed by atoms with E-state index >= 15 is 0 Å². The Balaban J connectivity index is 2.03. The van der Waals surface area contributed by atoms with E-state index in [0.29, 0.717) is 28.3 Å². The number of nitrogens with one attached hydrogen (secondary N) is 1. The van der Waals surface area contributed by atoms with Gasteiger partial charge in [-0.2, -0.15) is 0 Å². The monoisotopic (exact) mass is 455 g/mol. The van der Waals surface area contributed by atoms with Crippen molar-refractivity contribution in [1.82, 2.24) is 9.97 Å². The summed E-state index contributed by atoms with van der Waals surface area (Å²) in [6, 6.07) is 11.3. The SMILES string of the molecule is COc1cc(C=CC(=O)O)cc(S(=O)(=O)Nc2cccc(-c3ccnc(C)n3)c2)c1OC. The number of rotatable bonds is 8. The van der Waals surface area contributed by atoms with Gasteiger partial charge in [0.1, 0.15) is 10.7 Å². The Morgan fingerprint density at radius 3 is 2.56 bits per heavy atom.